The van der Waals surface area contributed by atoms with Gasteiger partial charge >= 0.3 is 0 Å². The molecule has 0 saturated heterocycles. The Morgan fingerprint density at radius 1 is 1.28 bits per heavy atom. The van der Waals surface area contributed by atoms with Gasteiger partial charge in [-0.25, -0.2) is 5.43 Å². The molecule has 0 unspecified atom stereocenters. The van der Waals surface area contributed by atoms with Crippen molar-refractivity contribution in [2.24, 2.45) is 5.10 Å². The number of hydrazone groups is 1. The Morgan fingerprint density at radius 3 is 2.76 bits per heavy atom. The highest BCUT2D eigenvalue weighted by Crippen LogP contribution is 2.32. The van der Waals surface area contributed by atoms with Crippen LogP contribution in [-0.2, 0) is 4.79 Å². The van der Waals surface area contributed by atoms with Crippen LogP contribution in [0.3, 0.4) is 0 Å². The molecule has 2 rings (SSSR count). The number of nitrogens with one attached hydrogen (secondary N) is 1. The number of phenolic OH excluding ortho intramolecular Hbond substituents is 1. The van der Waals surface area contributed by atoms with E-state index in [0.717, 1.165) is 5.56 Å². The zero-order chi connectivity index (χ0) is 18.2. The molecule has 2 N–H and O–H groups in total. The fraction of sp³-hybridized carbons (Fsp3) is 0.222. The molecule has 0 heterocycles. The zero-order valence-corrected chi connectivity index (χ0v) is 16.1. The third-order valence-corrected chi connectivity index (χ3v) is 4.03. The summed E-state index contributed by atoms with van der Waals surface area (Å²) in [5, 5.41) is 13.8. The summed E-state index contributed by atoms with van der Waals surface area (Å²) in [5.74, 6) is 0.773. The molecule has 132 valence electrons. The lowest BCUT2D eigenvalue weighted by Crippen LogP contribution is -2.24. The summed E-state index contributed by atoms with van der Waals surface area (Å²) >= 11 is 2.00. The lowest BCUT2D eigenvalue weighted by molar-refractivity contribution is -0.123. The maximum Gasteiger partial charge on any atom is 0.277 e. The van der Waals surface area contributed by atoms with Crippen LogP contribution in [0.5, 0.6) is 17.2 Å². The summed E-state index contributed by atoms with van der Waals surface area (Å²) in [4.78, 5) is 11.8. The number of nitrogens with zero attached hydrogens (tertiary/aromatic N) is 1. The van der Waals surface area contributed by atoms with Gasteiger partial charge < -0.3 is 14.6 Å². The number of carbonyl (C=O) groups excluding carboxylic acids is 1. The van der Waals surface area contributed by atoms with Crippen molar-refractivity contribution in [1.82, 2.24) is 5.43 Å². The maximum atomic E-state index is 11.8. The number of aryl methyl sites for hydroxylation is 1. The topological polar surface area (TPSA) is 80.2 Å². The first kappa shape index (κ1) is 19.0. The van der Waals surface area contributed by atoms with Crippen molar-refractivity contribution in [2.45, 2.75) is 13.8 Å². The third kappa shape index (κ3) is 5.63. The summed E-state index contributed by atoms with van der Waals surface area (Å²) in [6.07, 6.45) is 1.48. The van der Waals surface area contributed by atoms with Gasteiger partial charge in [0.05, 0.1) is 16.4 Å². The predicted molar refractivity (Wildman–Crippen MR) is 104 cm³/mol. The first-order valence-electron chi connectivity index (χ1n) is 7.67. The van der Waals surface area contributed by atoms with Crippen LogP contribution in [0.25, 0.3) is 0 Å². The summed E-state index contributed by atoms with van der Waals surface area (Å²) < 4.78 is 11.4. The molecule has 0 aliphatic carbocycles. The van der Waals surface area contributed by atoms with Gasteiger partial charge in [-0.15, -0.1) is 0 Å². The Morgan fingerprint density at radius 2 is 2.04 bits per heavy atom. The SMILES string of the molecule is CCOc1cc(C=NNC(=O)COc2ccccc2C)cc(I)c1O. The van der Waals surface area contributed by atoms with Crippen molar-refractivity contribution in [3.8, 4) is 17.2 Å². The highest BCUT2D eigenvalue weighted by molar-refractivity contribution is 14.1. The molecule has 25 heavy (non-hydrogen) atoms. The number of carbonyl (C=O) groups is 1. The van der Waals surface area contributed by atoms with E-state index in [1.165, 1.54) is 6.21 Å². The van der Waals surface area contributed by atoms with Gasteiger partial charge in [-0.1, -0.05) is 18.2 Å². The van der Waals surface area contributed by atoms with Gasteiger partial charge in [-0.05, 0) is 65.8 Å². The Hall–Kier alpha value is -2.29. The van der Waals surface area contributed by atoms with Gasteiger partial charge in [0.1, 0.15) is 5.75 Å². The normalized spacial score (nSPS) is 10.7. The smallest absolute Gasteiger partial charge is 0.277 e. The molecule has 1 amide bonds. The number of aromatic hydroxyl groups is 1. The van der Waals surface area contributed by atoms with E-state index in [9.17, 15) is 9.90 Å². The van der Waals surface area contributed by atoms with E-state index in [4.69, 9.17) is 9.47 Å². The first-order valence-corrected chi connectivity index (χ1v) is 8.74. The van der Waals surface area contributed by atoms with Crippen molar-refractivity contribution >= 4 is 34.7 Å². The Kier molecular flexibility index (Phi) is 7.05. The highest BCUT2D eigenvalue weighted by Gasteiger charge is 2.08. The van der Waals surface area contributed by atoms with Gasteiger partial charge in [0.25, 0.3) is 5.91 Å². The fourth-order valence-electron chi connectivity index (χ4n) is 2.01. The summed E-state index contributed by atoms with van der Waals surface area (Å²) in [6.45, 7) is 4.06. The molecule has 2 aromatic carbocycles. The number of hydrogen-bond acceptors (Lipinski definition) is 5. The largest absolute Gasteiger partial charge is 0.504 e. The molecule has 0 aliphatic rings. The predicted octanol–water partition coefficient (Wildman–Crippen LogP) is 3.23. The second kappa shape index (κ2) is 9.26. The lowest BCUT2D eigenvalue weighted by atomic mass is 10.2. The van der Waals surface area contributed by atoms with Crippen LogP contribution in [0.1, 0.15) is 18.1 Å². The number of rotatable bonds is 7. The minimum absolute atomic E-state index is 0.0928. The van der Waals surface area contributed by atoms with Crippen LogP contribution in [0, 0.1) is 10.5 Å². The highest BCUT2D eigenvalue weighted by atomic mass is 127. The molecule has 7 heteroatoms. The molecule has 0 saturated carbocycles. The monoisotopic (exact) mass is 454 g/mol. The minimum atomic E-state index is -0.363. The van der Waals surface area contributed by atoms with Crippen LogP contribution in [0.15, 0.2) is 41.5 Å². The Labute approximate surface area is 160 Å². The number of benzene rings is 2. The van der Waals surface area contributed by atoms with Crippen LogP contribution >= 0.6 is 22.6 Å². The first-order chi connectivity index (χ1) is 12.0. The van der Waals surface area contributed by atoms with Gasteiger partial charge in [-0.2, -0.15) is 5.10 Å². The molecule has 0 aromatic heterocycles. The average molecular weight is 454 g/mol. The van der Waals surface area contributed by atoms with Crippen molar-refractivity contribution in [3.63, 3.8) is 0 Å². The van der Waals surface area contributed by atoms with Gasteiger partial charge in [0.2, 0.25) is 0 Å². The second-order valence-electron chi connectivity index (χ2n) is 5.13. The van der Waals surface area contributed by atoms with Crippen LogP contribution in [0.4, 0.5) is 0 Å². The maximum absolute atomic E-state index is 11.8. The quantitative estimate of drug-likeness (QED) is 0.383. The minimum Gasteiger partial charge on any atom is -0.504 e. The lowest BCUT2D eigenvalue weighted by Gasteiger charge is -2.08. The molecule has 0 atom stereocenters. The third-order valence-electron chi connectivity index (χ3n) is 3.21. The molecule has 0 aliphatic heterocycles. The number of amides is 1. The van der Waals surface area contributed by atoms with E-state index < -0.39 is 0 Å². The van der Waals surface area contributed by atoms with E-state index in [1.807, 2.05) is 54.6 Å². The van der Waals surface area contributed by atoms with Crippen molar-refractivity contribution in [1.29, 1.82) is 0 Å². The molecule has 0 bridgehead atoms. The van der Waals surface area contributed by atoms with E-state index in [2.05, 4.69) is 10.5 Å². The van der Waals surface area contributed by atoms with E-state index in [0.29, 0.717) is 27.2 Å². The standard InChI is InChI=1S/C18H19IN2O4/c1-3-24-16-9-13(8-14(19)18(16)23)10-20-21-17(22)11-25-15-7-5-4-6-12(15)2/h4-10,23H,3,11H2,1-2H3,(H,21,22). The summed E-state index contributed by atoms with van der Waals surface area (Å²) in [6, 6.07) is 10.9. The van der Waals surface area contributed by atoms with Crippen LogP contribution < -0.4 is 14.9 Å². The summed E-state index contributed by atoms with van der Waals surface area (Å²) in [5.41, 5.74) is 4.07. The van der Waals surface area contributed by atoms with Gasteiger partial charge in [0.15, 0.2) is 18.1 Å². The molecular weight excluding hydrogens is 435 g/mol. The van der Waals surface area contributed by atoms with Crippen molar-refractivity contribution < 1.29 is 19.4 Å². The number of ether oxygens (including phenoxy) is 2. The van der Waals surface area contributed by atoms with E-state index in [1.54, 1.807) is 18.2 Å². The van der Waals surface area contributed by atoms with Crippen LogP contribution in [0.2, 0.25) is 0 Å². The molecule has 6 nitrogen and oxygen atoms in total. The summed E-state index contributed by atoms with van der Waals surface area (Å²) in [7, 11) is 0. The Balaban J connectivity index is 1.92. The molecule has 0 spiro atoms. The average Bonchev–Trinajstić information content (AvgIpc) is 2.58. The van der Waals surface area contributed by atoms with E-state index >= 15 is 0 Å². The zero-order valence-electron chi connectivity index (χ0n) is 14.0. The second-order valence-corrected chi connectivity index (χ2v) is 6.29. The Bertz CT molecular complexity index is 778. The fourth-order valence-corrected chi connectivity index (χ4v) is 2.63. The number of para-hydroxylation sites is 1. The van der Waals surface area contributed by atoms with Crippen LogP contribution in [-0.4, -0.2) is 30.4 Å². The van der Waals surface area contributed by atoms with Gasteiger partial charge in [0, 0.05) is 0 Å². The molecular formula is C18H19IN2O4. The number of hydrogen-bond donors (Lipinski definition) is 2. The van der Waals surface area contributed by atoms with Crippen molar-refractivity contribution in [3.05, 3.63) is 51.1 Å². The molecule has 0 fully saturated rings. The molecule has 2 aromatic rings. The molecule has 0 radical (unpaired) electrons. The van der Waals surface area contributed by atoms with Gasteiger partial charge in [-0.3, -0.25) is 4.79 Å². The van der Waals surface area contributed by atoms with E-state index in [-0.39, 0.29) is 18.3 Å². The van der Waals surface area contributed by atoms with Crippen molar-refractivity contribution in [2.75, 3.05) is 13.2 Å². The number of halogens is 1. The number of phenols is 1.